The van der Waals surface area contributed by atoms with Crippen molar-refractivity contribution in [2.75, 3.05) is 5.75 Å². The van der Waals surface area contributed by atoms with Gasteiger partial charge in [-0.1, -0.05) is 67.6 Å². The number of carbonyl (C=O) groups is 1. The normalized spacial score (nSPS) is 11.2. The lowest BCUT2D eigenvalue weighted by atomic mass is 10.1. The molecule has 0 unspecified atom stereocenters. The number of ether oxygens (including phenoxy) is 1. The van der Waals surface area contributed by atoms with Gasteiger partial charge in [0.2, 0.25) is 0 Å². The molecule has 3 aromatic rings. The number of para-hydroxylation sites is 1. The number of fused-ring (bicyclic) bond motifs is 1. The average Bonchev–Trinajstić information content (AvgIpc) is 2.71. The van der Waals surface area contributed by atoms with E-state index in [1.807, 2.05) is 49.4 Å². The molecule has 0 saturated heterocycles. The Morgan fingerprint density at radius 1 is 1.14 bits per heavy atom. The van der Waals surface area contributed by atoms with Crippen LogP contribution in [-0.2, 0) is 22.7 Å². The van der Waals surface area contributed by atoms with Crippen LogP contribution in [0.1, 0.15) is 31.4 Å². The largest absolute Gasteiger partial charge is 0.460 e. The number of benzene rings is 2. The van der Waals surface area contributed by atoms with Gasteiger partial charge in [0, 0.05) is 6.54 Å². The zero-order valence-electron chi connectivity index (χ0n) is 17.1. The van der Waals surface area contributed by atoms with Gasteiger partial charge in [0.05, 0.1) is 16.7 Å². The molecule has 0 bridgehead atoms. The average molecular weight is 411 g/mol. The maximum Gasteiger partial charge on any atom is 0.316 e. The summed E-state index contributed by atoms with van der Waals surface area (Å²) >= 11 is 1.25. The summed E-state index contributed by atoms with van der Waals surface area (Å²) in [5.41, 5.74) is 2.70. The number of hydrogen-bond donors (Lipinski definition) is 0. The van der Waals surface area contributed by atoms with Crippen molar-refractivity contribution in [1.29, 1.82) is 0 Å². The third-order valence-corrected chi connectivity index (χ3v) is 5.55. The third-order valence-electron chi connectivity index (χ3n) is 4.60. The molecule has 3 rings (SSSR count). The molecule has 0 radical (unpaired) electrons. The van der Waals surface area contributed by atoms with Crippen LogP contribution in [0.3, 0.4) is 0 Å². The Bertz CT molecular complexity index is 1040. The summed E-state index contributed by atoms with van der Waals surface area (Å²) in [6, 6.07) is 15.2. The van der Waals surface area contributed by atoms with Gasteiger partial charge in [-0.3, -0.25) is 14.2 Å². The zero-order chi connectivity index (χ0) is 20.8. The zero-order valence-corrected chi connectivity index (χ0v) is 17.9. The van der Waals surface area contributed by atoms with Gasteiger partial charge in [0.25, 0.3) is 5.56 Å². The predicted molar refractivity (Wildman–Crippen MR) is 117 cm³/mol. The highest BCUT2D eigenvalue weighted by atomic mass is 32.2. The molecule has 0 saturated carbocycles. The molecule has 0 aliphatic carbocycles. The minimum Gasteiger partial charge on any atom is -0.460 e. The van der Waals surface area contributed by atoms with Gasteiger partial charge in [-0.2, -0.15) is 0 Å². The van der Waals surface area contributed by atoms with E-state index in [0.29, 0.717) is 28.5 Å². The maximum absolute atomic E-state index is 12.9. The van der Waals surface area contributed by atoms with Crippen LogP contribution in [0, 0.1) is 12.8 Å². The van der Waals surface area contributed by atoms with Crippen LogP contribution in [-0.4, -0.2) is 21.3 Å². The Morgan fingerprint density at radius 2 is 1.86 bits per heavy atom. The number of thioether (sulfide) groups is 1. The van der Waals surface area contributed by atoms with Crippen molar-refractivity contribution in [3.63, 3.8) is 0 Å². The second-order valence-corrected chi connectivity index (χ2v) is 8.43. The van der Waals surface area contributed by atoms with E-state index in [-0.39, 0.29) is 23.9 Å². The fourth-order valence-corrected chi connectivity index (χ4v) is 3.68. The smallest absolute Gasteiger partial charge is 0.316 e. The number of nitrogens with zero attached hydrogens (tertiary/aromatic N) is 2. The highest BCUT2D eigenvalue weighted by Gasteiger charge is 2.14. The van der Waals surface area contributed by atoms with E-state index in [4.69, 9.17) is 4.74 Å². The highest BCUT2D eigenvalue weighted by Crippen LogP contribution is 2.19. The van der Waals surface area contributed by atoms with E-state index in [1.165, 1.54) is 11.8 Å². The molecular formula is C23H26N2O3S. The van der Waals surface area contributed by atoms with Crippen LogP contribution in [0.2, 0.25) is 0 Å². The lowest BCUT2D eigenvalue weighted by Crippen LogP contribution is -2.24. The second-order valence-electron chi connectivity index (χ2n) is 7.49. The summed E-state index contributed by atoms with van der Waals surface area (Å²) < 4.78 is 7.05. The van der Waals surface area contributed by atoms with Crippen molar-refractivity contribution in [3.8, 4) is 0 Å². The van der Waals surface area contributed by atoms with Crippen molar-refractivity contribution in [1.82, 2.24) is 9.55 Å². The van der Waals surface area contributed by atoms with Crippen LogP contribution >= 0.6 is 11.8 Å². The van der Waals surface area contributed by atoms with E-state index in [0.717, 1.165) is 17.5 Å². The van der Waals surface area contributed by atoms with Crippen LogP contribution in [0.5, 0.6) is 0 Å². The van der Waals surface area contributed by atoms with Gasteiger partial charge in [-0.15, -0.1) is 0 Å². The van der Waals surface area contributed by atoms with Crippen molar-refractivity contribution in [2.45, 2.75) is 45.5 Å². The van der Waals surface area contributed by atoms with Gasteiger partial charge in [-0.05, 0) is 37.0 Å². The Labute approximate surface area is 175 Å². The summed E-state index contributed by atoms with van der Waals surface area (Å²) in [4.78, 5) is 29.8. The van der Waals surface area contributed by atoms with Crippen molar-refractivity contribution in [3.05, 3.63) is 70.0 Å². The molecule has 0 amide bonds. The first-order chi connectivity index (χ1) is 13.9. The molecule has 0 spiro atoms. The monoisotopic (exact) mass is 410 g/mol. The molecule has 6 heteroatoms. The molecule has 0 fully saturated rings. The van der Waals surface area contributed by atoms with Gasteiger partial charge in [-0.25, -0.2) is 4.98 Å². The van der Waals surface area contributed by atoms with Gasteiger partial charge in [0.1, 0.15) is 6.61 Å². The fourth-order valence-electron chi connectivity index (χ4n) is 2.86. The van der Waals surface area contributed by atoms with Crippen molar-refractivity contribution >= 4 is 28.6 Å². The number of aromatic nitrogens is 2. The predicted octanol–water partition coefficient (Wildman–Crippen LogP) is 4.59. The topological polar surface area (TPSA) is 61.2 Å². The number of rotatable bonds is 8. The Balaban J connectivity index is 1.72. The number of carbonyl (C=O) groups excluding carboxylic acids is 1. The third kappa shape index (κ3) is 5.70. The van der Waals surface area contributed by atoms with Crippen molar-refractivity contribution in [2.24, 2.45) is 5.92 Å². The summed E-state index contributed by atoms with van der Waals surface area (Å²) in [6.07, 6.45) is 0.866. The molecule has 0 aliphatic rings. The van der Waals surface area contributed by atoms with Crippen LogP contribution in [0.4, 0.5) is 0 Å². The Morgan fingerprint density at radius 3 is 2.59 bits per heavy atom. The molecule has 0 atom stereocenters. The minimum atomic E-state index is -0.326. The summed E-state index contributed by atoms with van der Waals surface area (Å²) in [6.45, 7) is 7.07. The quantitative estimate of drug-likeness (QED) is 0.309. The molecule has 5 nitrogen and oxygen atoms in total. The highest BCUT2D eigenvalue weighted by molar-refractivity contribution is 7.99. The molecule has 2 aromatic carbocycles. The van der Waals surface area contributed by atoms with Gasteiger partial charge in [0.15, 0.2) is 5.16 Å². The van der Waals surface area contributed by atoms with Gasteiger partial charge < -0.3 is 4.74 Å². The Kier molecular flexibility index (Phi) is 7.09. The second kappa shape index (κ2) is 9.74. The van der Waals surface area contributed by atoms with E-state index < -0.39 is 0 Å². The minimum absolute atomic E-state index is 0.0632. The van der Waals surface area contributed by atoms with E-state index in [2.05, 4.69) is 18.8 Å². The standard InChI is InChI=1S/C23H26N2O3S/c1-16(2)12-13-25-22(27)19-6-4-5-7-20(19)24-23(25)29-15-21(26)28-14-18-10-8-17(3)9-11-18/h4-11,16H,12-15H2,1-3H3. The van der Waals surface area contributed by atoms with Crippen LogP contribution in [0.15, 0.2) is 58.5 Å². The summed E-state index contributed by atoms with van der Waals surface area (Å²) in [5, 5.41) is 1.16. The molecular weight excluding hydrogens is 384 g/mol. The molecule has 0 aliphatic heterocycles. The number of hydrogen-bond acceptors (Lipinski definition) is 5. The Hall–Kier alpha value is -2.60. The van der Waals surface area contributed by atoms with Crippen LogP contribution < -0.4 is 5.56 Å². The molecule has 1 heterocycles. The molecule has 0 N–H and O–H groups in total. The SMILES string of the molecule is Cc1ccc(COC(=O)CSc2nc3ccccc3c(=O)n2CCC(C)C)cc1. The van der Waals surface area contributed by atoms with E-state index in [9.17, 15) is 9.59 Å². The molecule has 29 heavy (non-hydrogen) atoms. The fraction of sp³-hybridized carbons (Fsp3) is 0.348. The van der Waals surface area contributed by atoms with Crippen molar-refractivity contribution < 1.29 is 9.53 Å². The molecule has 1 aromatic heterocycles. The lowest BCUT2D eigenvalue weighted by Gasteiger charge is -2.14. The first-order valence-corrected chi connectivity index (χ1v) is 10.8. The first kappa shape index (κ1) is 21.1. The van der Waals surface area contributed by atoms with Crippen LogP contribution in [0.25, 0.3) is 10.9 Å². The summed E-state index contributed by atoms with van der Waals surface area (Å²) in [7, 11) is 0. The maximum atomic E-state index is 12.9. The first-order valence-electron chi connectivity index (χ1n) is 9.77. The van der Waals surface area contributed by atoms with Gasteiger partial charge >= 0.3 is 5.97 Å². The number of aryl methyl sites for hydroxylation is 1. The number of esters is 1. The van der Waals surface area contributed by atoms with E-state index >= 15 is 0 Å². The molecule has 152 valence electrons. The summed E-state index contributed by atoms with van der Waals surface area (Å²) in [5.74, 6) is 0.247. The lowest BCUT2D eigenvalue weighted by molar-refractivity contribution is -0.141. The van der Waals surface area contributed by atoms with E-state index in [1.54, 1.807) is 10.6 Å².